The first-order valence-electron chi connectivity index (χ1n) is 8.01. The molecule has 2 rings (SSSR count). The normalized spacial score (nSPS) is 12.7. The molecule has 0 saturated heterocycles. The first-order valence-corrected chi connectivity index (χ1v) is 9.49. The van der Waals surface area contributed by atoms with Gasteiger partial charge in [-0.15, -0.1) is 0 Å². The topological polar surface area (TPSA) is 105 Å². The van der Waals surface area contributed by atoms with Crippen LogP contribution >= 0.6 is 0 Å². The van der Waals surface area contributed by atoms with E-state index >= 15 is 0 Å². The lowest BCUT2D eigenvalue weighted by Crippen LogP contribution is -2.27. The van der Waals surface area contributed by atoms with Gasteiger partial charge >= 0.3 is 0 Å². The van der Waals surface area contributed by atoms with E-state index in [1.165, 1.54) is 32.4 Å². The maximum absolute atomic E-state index is 13.0. The van der Waals surface area contributed by atoms with Crippen LogP contribution in [0.2, 0.25) is 0 Å². The molecule has 27 heavy (non-hydrogen) atoms. The molecule has 1 N–H and O–H groups in total. The van der Waals surface area contributed by atoms with Crippen molar-refractivity contribution in [1.82, 2.24) is 4.72 Å². The number of carboxylic acid groups (broad SMARTS) is 1. The highest BCUT2D eigenvalue weighted by atomic mass is 32.2. The van der Waals surface area contributed by atoms with Crippen LogP contribution in [-0.4, -0.2) is 28.6 Å². The van der Waals surface area contributed by atoms with Crippen LogP contribution in [-0.2, 0) is 14.8 Å². The van der Waals surface area contributed by atoms with Crippen LogP contribution in [0.15, 0.2) is 53.4 Å². The van der Waals surface area contributed by atoms with Crippen molar-refractivity contribution in [3.8, 4) is 11.5 Å². The Labute approximate surface area is 158 Å². The number of rotatable bonds is 8. The second-order valence-corrected chi connectivity index (χ2v) is 7.34. The fourth-order valence-corrected chi connectivity index (χ4v) is 3.96. The summed E-state index contributed by atoms with van der Waals surface area (Å²) in [6.07, 6.45) is 2.02. The Morgan fingerprint density at radius 2 is 1.81 bits per heavy atom. The highest BCUT2D eigenvalue weighted by Crippen LogP contribution is 2.36. The van der Waals surface area contributed by atoms with Crippen molar-refractivity contribution >= 4 is 22.1 Å². The number of hydrogen-bond donors (Lipinski definition) is 1. The molecular formula is C19H20NO6S-. The van der Waals surface area contributed by atoms with E-state index in [0.29, 0.717) is 5.56 Å². The average Bonchev–Trinajstić information content (AvgIpc) is 2.65. The van der Waals surface area contributed by atoms with E-state index in [0.717, 1.165) is 11.6 Å². The average molecular weight is 390 g/mol. The zero-order valence-electron chi connectivity index (χ0n) is 15.1. The summed E-state index contributed by atoms with van der Waals surface area (Å²) in [6.45, 7) is 1.72. The molecule has 144 valence electrons. The maximum atomic E-state index is 13.0. The molecule has 0 fully saturated rings. The first-order chi connectivity index (χ1) is 12.8. The molecule has 1 atom stereocenters. The molecule has 2 aromatic carbocycles. The second-order valence-electron chi connectivity index (χ2n) is 5.66. The van der Waals surface area contributed by atoms with Gasteiger partial charge in [-0.2, -0.15) is 0 Å². The lowest BCUT2D eigenvalue weighted by Gasteiger charge is -2.18. The zero-order valence-corrected chi connectivity index (χ0v) is 15.9. The van der Waals surface area contributed by atoms with E-state index in [1.807, 2.05) is 30.3 Å². The highest BCUT2D eigenvalue weighted by Gasteiger charge is 2.25. The monoisotopic (exact) mass is 390 g/mol. The SMILES string of the molecule is COc1cc(/C=C/C(=O)[O-])cc(S(=O)(=O)N[C@H](C)c2ccccc2)c1OC. The third-order valence-electron chi connectivity index (χ3n) is 3.80. The molecule has 0 radical (unpaired) electrons. The number of methoxy groups -OCH3 is 2. The number of aliphatic carboxylic acids is 1. The Kier molecular flexibility index (Phi) is 6.59. The number of carboxylic acids is 1. The lowest BCUT2D eigenvalue weighted by atomic mass is 10.1. The molecule has 0 aliphatic rings. The van der Waals surface area contributed by atoms with Crippen molar-refractivity contribution in [2.45, 2.75) is 17.9 Å². The molecule has 0 bridgehead atoms. The Morgan fingerprint density at radius 1 is 1.15 bits per heavy atom. The fraction of sp³-hybridized carbons (Fsp3) is 0.211. The van der Waals surface area contributed by atoms with Crippen LogP contribution in [0.1, 0.15) is 24.1 Å². The maximum Gasteiger partial charge on any atom is 0.244 e. The van der Waals surface area contributed by atoms with E-state index < -0.39 is 22.0 Å². The molecule has 0 saturated carbocycles. The van der Waals surface area contributed by atoms with Crippen molar-refractivity contribution in [3.05, 3.63) is 59.7 Å². The molecule has 0 aliphatic carbocycles. The molecule has 0 spiro atoms. The highest BCUT2D eigenvalue weighted by molar-refractivity contribution is 7.89. The molecule has 2 aromatic rings. The molecule has 8 heteroatoms. The third kappa shape index (κ3) is 5.08. The number of carbonyl (C=O) groups is 1. The standard InChI is InChI=1S/C19H21NO6S/c1-13(15-7-5-4-6-8-15)20-27(23,24)17-12-14(9-10-18(21)22)11-16(25-2)19(17)26-3/h4-13,20H,1-3H3,(H,21,22)/p-1/b10-9+/t13-/m1/s1. The third-order valence-corrected chi connectivity index (χ3v) is 5.35. The Morgan fingerprint density at radius 3 is 2.37 bits per heavy atom. The van der Waals surface area contributed by atoms with Crippen LogP contribution in [0.25, 0.3) is 6.08 Å². The summed E-state index contributed by atoms with van der Waals surface area (Å²) in [4.78, 5) is 10.5. The predicted octanol–water partition coefficient (Wildman–Crippen LogP) is 1.51. The summed E-state index contributed by atoms with van der Waals surface area (Å²) in [5, 5.41) is 10.6. The van der Waals surface area contributed by atoms with Gasteiger partial charge in [0.25, 0.3) is 0 Å². The van der Waals surface area contributed by atoms with Gasteiger partial charge in [0.05, 0.1) is 20.2 Å². The van der Waals surface area contributed by atoms with E-state index in [2.05, 4.69) is 4.72 Å². The van der Waals surface area contributed by atoms with Gasteiger partial charge in [0.2, 0.25) is 10.0 Å². The number of sulfonamides is 1. The van der Waals surface area contributed by atoms with Gasteiger partial charge in [0, 0.05) is 6.04 Å². The van der Waals surface area contributed by atoms with Crippen LogP contribution < -0.4 is 19.3 Å². The summed E-state index contributed by atoms with van der Waals surface area (Å²) in [6, 6.07) is 11.4. The quantitative estimate of drug-likeness (QED) is 0.685. The van der Waals surface area contributed by atoms with Crippen LogP contribution in [0.5, 0.6) is 11.5 Å². The number of carbonyl (C=O) groups excluding carboxylic acids is 1. The number of nitrogens with one attached hydrogen (secondary N) is 1. The molecule has 0 heterocycles. The molecule has 7 nitrogen and oxygen atoms in total. The van der Waals surface area contributed by atoms with Gasteiger partial charge in [-0.25, -0.2) is 13.1 Å². The van der Waals surface area contributed by atoms with E-state index in [-0.39, 0.29) is 16.4 Å². The van der Waals surface area contributed by atoms with Crippen molar-refractivity contribution in [2.24, 2.45) is 0 Å². The van der Waals surface area contributed by atoms with Gasteiger partial charge in [0.1, 0.15) is 4.90 Å². The fourth-order valence-electron chi connectivity index (χ4n) is 2.52. The van der Waals surface area contributed by atoms with Gasteiger partial charge in [-0.1, -0.05) is 36.4 Å². The van der Waals surface area contributed by atoms with Crippen molar-refractivity contribution in [2.75, 3.05) is 14.2 Å². The van der Waals surface area contributed by atoms with Crippen molar-refractivity contribution < 1.29 is 27.8 Å². The molecule has 0 amide bonds. The Bertz CT molecular complexity index is 938. The van der Waals surface area contributed by atoms with Gasteiger partial charge in [-0.05, 0) is 36.3 Å². The molecule has 0 unspecified atom stereocenters. The minimum absolute atomic E-state index is 0.0239. The summed E-state index contributed by atoms with van der Waals surface area (Å²) in [7, 11) is -1.31. The van der Waals surface area contributed by atoms with Gasteiger partial charge in [-0.3, -0.25) is 0 Å². The summed E-state index contributed by atoms with van der Waals surface area (Å²) in [5.74, 6) is -1.22. The summed E-state index contributed by atoms with van der Waals surface area (Å²) >= 11 is 0. The van der Waals surface area contributed by atoms with Crippen molar-refractivity contribution in [3.63, 3.8) is 0 Å². The van der Waals surface area contributed by atoms with Crippen molar-refractivity contribution in [1.29, 1.82) is 0 Å². The van der Waals surface area contributed by atoms with E-state index in [1.54, 1.807) is 6.92 Å². The largest absolute Gasteiger partial charge is 0.545 e. The second kappa shape index (κ2) is 8.70. The number of hydrogen-bond acceptors (Lipinski definition) is 6. The Balaban J connectivity index is 2.50. The number of benzene rings is 2. The summed E-state index contributed by atoms with van der Waals surface area (Å²) < 4.78 is 38.9. The van der Waals surface area contributed by atoms with Crippen LogP contribution in [0.3, 0.4) is 0 Å². The molecular weight excluding hydrogens is 370 g/mol. The number of ether oxygens (including phenoxy) is 2. The predicted molar refractivity (Wildman–Crippen MR) is 98.8 cm³/mol. The van der Waals surface area contributed by atoms with E-state index in [9.17, 15) is 18.3 Å². The molecule has 0 aliphatic heterocycles. The van der Waals surface area contributed by atoms with Crippen LogP contribution in [0, 0.1) is 0 Å². The smallest absolute Gasteiger partial charge is 0.244 e. The summed E-state index contributed by atoms with van der Waals surface area (Å²) in [5.41, 5.74) is 1.10. The first kappa shape index (κ1) is 20.5. The minimum atomic E-state index is -4.00. The zero-order chi connectivity index (χ0) is 20.0. The minimum Gasteiger partial charge on any atom is -0.545 e. The lowest BCUT2D eigenvalue weighted by molar-refractivity contribution is -0.297. The van der Waals surface area contributed by atoms with Crippen LogP contribution in [0.4, 0.5) is 0 Å². The van der Waals surface area contributed by atoms with Gasteiger partial charge in [0.15, 0.2) is 11.5 Å². The van der Waals surface area contributed by atoms with Gasteiger partial charge < -0.3 is 19.4 Å². The molecule has 0 aromatic heterocycles. The Hall–Kier alpha value is -2.84. The van der Waals surface area contributed by atoms with E-state index in [4.69, 9.17) is 9.47 Å².